The molecule has 0 aliphatic carbocycles. The van der Waals surface area contributed by atoms with E-state index in [9.17, 15) is 4.39 Å². The number of piperidine rings is 1. The first-order chi connectivity index (χ1) is 13.3. The van der Waals surface area contributed by atoms with E-state index in [0.29, 0.717) is 18.3 Å². The van der Waals surface area contributed by atoms with Gasteiger partial charge in [-0.05, 0) is 37.6 Å². The summed E-state index contributed by atoms with van der Waals surface area (Å²) in [7, 11) is 0. The molecule has 1 unspecified atom stereocenters. The molecule has 0 saturated carbocycles. The van der Waals surface area contributed by atoms with Crippen LogP contribution in [0.4, 0.5) is 16.0 Å². The Morgan fingerprint density at radius 2 is 2.00 bits per heavy atom. The Hall–Kier alpha value is -2.86. The Morgan fingerprint density at radius 1 is 1.07 bits per heavy atom. The van der Waals surface area contributed by atoms with Gasteiger partial charge in [-0.25, -0.2) is 14.4 Å². The summed E-state index contributed by atoms with van der Waals surface area (Å²) < 4.78 is 14.0. The van der Waals surface area contributed by atoms with Crippen molar-refractivity contribution in [2.45, 2.75) is 25.3 Å². The Morgan fingerprint density at radius 3 is 2.85 bits per heavy atom. The van der Waals surface area contributed by atoms with Crippen LogP contribution in [0.25, 0.3) is 0 Å². The van der Waals surface area contributed by atoms with E-state index >= 15 is 0 Å². The van der Waals surface area contributed by atoms with Crippen molar-refractivity contribution < 1.29 is 4.39 Å². The first-order valence-electron chi connectivity index (χ1n) is 9.24. The van der Waals surface area contributed by atoms with Crippen LogP contribution < -0.4 is 5.32 Å². The van der Waals surface area contributed by atoms with Crippen molar-refractivity contribution in [3.8, 4) is 0 Å². The molecule has 6 heteroatoms. The predicted molar refractivity (Wildman–Crippen MR) is 103 cm³/mol. The van der Waals surface area contributed by atoms with Gasteiger partial charge in [0.05, 0.1) is 6.20 Å². The smallest absolute Gasteiger partial charge is 0.150 e. The second-order valence-corrected chi connectivity index (χ2v) is 6.83. The minimum Gasteiger partial charge on any atom is -0.324 e. The van der Waals surface area contributed by atoms with Gasteiger partial charge in [-0.3, -0.25) is 9.88 Å². The van der Waals surface area contributed by atoms with E-state index < -0.39 is 0 Å². The molecule has 0 bridgehead atoms. The summed E-state index contributed by atoms with van der Waals surface area (Å²) in [5.74, 6) is 1.65. The summed E-state index contributed by atoms with van der Waals surface area (Å²) >= 11 is 0. The van der Waals surface area contributed by atoms with Crippen LogP contribution in [0.5, 0.6) is 0 Å². The number of likely N-dealkylation sites (tertiary alicyclic amines) is 1. The van der Waals surface area contributed by atoms with Crippen molar-refractivity contribution in [1.29, 1.82) is 0 Å². The topological polar surface area (TPSA) is 53.9 Å². The molecule has 1 atom stereocenters. The fraction of sp³-hybridized carbons (Fsp3) is 0.286. The van der Waals surface area contributed by atoms with Gasteiger partial charge >= 0.3 is 0 Å². The third kappa shape index (κ3) is 4.46. The molecule has 3 aromatic rings. The lowest BCUT2D eigenvalue weighted by atomic mass is 9.94. The van der Waals surface area contributed by atoms with Crippen molar-refractivity contribution in [2.75, 3.05) is 18.4 Å². The lowest BCUT2D eigenvalue weighted by molar-refractivity contribution is 0.196. The summed E-state index contributed by atoms with van der Waals surface area (Å²) in [5, 5.41) is 3.19. The zero-order valence-electron chi connectivity index (χ0n) is 15.1. The van der Waals surface area contributed by atoms with Crippen LogP contribution in [-0.2, 0) is 6.54 Å². The van der Waals surface area contributed by atoms with E-state index in [1.807, 2.05) is 24.3 Å². The van der Waals surface area contributed by atoms with Crippen molar-refractivity contribution in [2.24, 2.45) is 0 Å². The summed E-state index contributed by atoms with van der Waals surface area (Å²) in [6.45, 7) is 2.51. The number of hydrogen-bond acceptors (Lipinski definition) is 5. The highest BCUT2D eigenvalue weighted by Crippen LogP contribution is 2.28. The highest BCUT2D eigenvalue weighted by Gasteiger charge is 2.23. The van der Waals surface area contributed by atoms with E-state index in [1.165, 1.54) is 6.07 Å². The molecule has 0 spiro atoms. The molecule has 138 valence electrons. The molecule has 5 nitrogen and oxygen atoms in total. The zero-order chi connectivity index (χ0) is 18.5. The summed E-state index contributed by atoms with van der Waals surface area (Å²) in [6, 6.07) is 13.0. The van der Waals surface area contributed by atoms with Crippen LogP contribution >= 0.6 is 0 Å². The standard InChI is InChI=1S/C21H22FN5/c22-18-7-2-1-5-16(18)14-27-12-4-6-17(15-27)19-8-3-9-20(25-19)26-21-13-23-10-11-24-21/h1-3,5,7-11,13,17H,4,6,12,14-15H2,(H,24,25,26). The van der Waals surface area contributed by atoms with Gasteiger partial charge in [-0.2, -0.15) is 0 Å². The molecule has 0 radical (unpaired) electrons. The third-order valence-corrected chi connectivity index (χ3v) is 4.87. The summed E-state index contributed by atoms with van der Waals surface area (Å²) in [4.78, 5) is 15.4. The molecule has 1 saturated heterocycles. The monoisotopic (exact) mass is 363 g/mol. The Balaban J connectivity index is 1.45. The fourth-order valence-electron chi connectivity index (χ4n) is 3.55. The van der Waals surface area contributed by atoms with Crippen molar-refractivity contribution in [3.05, 3.63) is 78.1 Å². The maximum atomic E-state index is 14.0. The van der Waals surface area contributed by atoms with Gasteiger partial charge in [-0.15, -0.1) is 0 Å². The minimum absolute atomic E-state index is 0.132. The number of hydrogen-bond donors (Lipinski definition) is 1. The average molecular weight is 363 g/mol. The molecule has 1 aromatic carbocycles. The Labute approximate surface area is 158 Å². The van der Waals surface area contributed by atoms with E-state index in [1.54, 1.807) is 24.7 Å². The van der Waals surface area contributed by atoms with Gasteiger partial charge in [0.25, 0.3) is 0 Å². The number of nitrogens with one attached hydrogen (secondary N) is 1. The van der Waals surface area contributed by atoms with Crippen LogP contribution in [0, 0.1) is 5.82 Å². The van der Waals surface area contributed by atoms with Gasteiger partial charge in [0.1, 0.15) is 17.5 Å². The molecule has 1 aliphatic rings. The lowest BCUT2D eigenvalue weighted by Crippen LogP contribution is -2.34. The molecular formula is C21H22FN5. The van der Waals surface area contributed by atoms with Crippen LogP contribution in [0.3, 0.4) is 0 Å². The molecule has 1 N–H and O–H groups in total. The Bertz CT molecular complexity index is 887. The number of rotatable bonds is 5. The number of benzene rings is 1. The molecule has 0 amide bonds. The molecule has 1 aliphatic heterocycles. The third-order valence-electron chi connectivity index (χ3n) is 4.87. The van der Waals surface area contributed by atoms with Crippen molar-refractivity contribution >= 4 is 11.6 Å². The van der Waals surface area contributed by atoms with E-state index in [2.05, 4.69) is 26.3 Å². The predicted octanol–water partition coefficient (Wildman–Crippen LogP) is 4.13. The number of nitrogens with zero attached hydrogens (tertiary/aromatic N) is 4. The van der Waals surface area contributed by atoms with Gasteiger partial charge in [0, 0.05) is 42.7 Å². The van der Waals surface area contributed by atoms with Gasteiger partial charge in [0.15, 0.2) is 0 Å². The van der Waals surface area contributed by atoms with Gasteiger partial charge in [-0.1, -0.05) is 24.3 Å². The van der Waals surface area contributed by atoms with Crippen LogP contribution in [0.15, 0.2) is 61.1 Å². The van der Waals surface area contributed by atoms with Crippen LogP contribution in [0.2, 0.25) is 0 Å². The molecule has 27 heavy (non-hydrogen) atoms. The minimum atomic E-state index is -0.132. The number of pyridine rings is 1. The van der Waals surface area contributed by atoms with Gasteiger partial charge < -0.3 is 5.32 Å². The second-order valence-electron chi connectivity index (χ2n) is 6.83. The molecule has 3 heterocycles. The zero-order valence-corrected chi connectivity index (χ0v) is 15.1. The van der Waals surface area contributed by atoms with E-state index in [-0.39, 0.29) is 5.82 Å². The van der Waals surface area contributed by atoms with Crippen LogP contribution in [0.1, 0.15) is 30.0 Å². The fourth-order valence-corrected chi connectivity index (χ4v) is 3.55. The average Bonchev–Trinajstić information content (AvgIpc) is 2.71. The summed E-state index contributed by atoms with van der Waals surface area (Å²) in [6.07, 6.45) is 7.14. The molecule has 2 aromatic heterocycles. The number of aromatic nitrogens is 3. The van der Waals surface area contributed by atoms with Crippen molar-refractivity contribution in [1.82, 2.24) is 19.9 Å². The maximum absolute atomic E-state index is 14.0. The van der Waals surface area contributed by atoms with E-state index in [0.717, 1.165) is 43.0 Å². The molecular weight excluding hydrogens is 341 g/mol. The first kappa shape index (κ1) is 17.5. The van der Waals surface area contributed by atoms with Crippen molar-refractivity contribution in [3.63, 3.8) is 0 Å². The quantitative estimate of drug-likeness (QED) is 0.738. The lowest BCUT2D eigenvalue weighted by Gasteiger charge is -2.32. The molecule has 4 rings (SSSR count). The normalized spacial score (nSPS) is 17.6. The highest BCUT2D eigenvalue weighted by atomic mass is 19.1. The number of halogens is 1. The highest BCUT2D eigenvalue weighted by molar-refractivity contribution is 5.50. The summed E-state index contributed by atoms with van der Waals surface area (Å²) in [5.41, 5.74) is 1.81. The maximum Gasteiger partial charge on any atom is 0.150 e. The van der Waals surface area contributed by atoms with Crippen LogP contribution in [-0.4, -0.2) is 32.9 Å². The van der Waals surface area contributed by atoms with E-state index in [4.69, 9.17) is 4.98 Å². The second kappa shape index (κ2) is 8.22. The molecule has 1 fully saturated rings. The Kier molecular flexibility index (Phi) is 5.34. The first-order valence-corrected chi connectivity index (χ1v) is 9.24. The van der Waals surface area contributed by atoms with Gasteiger partial charge in [0.2, 0.25) is 0 Å². The largest absolute Gasteiger partial charge is 0.324 e. The SMILES string of the molecule is Fc1ccccc1CN1CCCC(c2cccc(Nc3cnccn3)n2)C1. The number of anilines is 2.